The Balaban J connectivity index is 2.76. The molecule has 0 saturated heterocycles. The van der Waals surface area contributed by atoms with Crippen molar-refractivity contribution in [1.29, 1.82) is 0 Å². The fraction of sp³-hybridized carbons (Fsp3) is 0.571. The summed E-state index contributed by atoms with van der Waals surface area (Å²) in [6.45, 7) is 9.67. The van der Waals surface area contributed by atoms with Gasteiger partial charge in [-0.3, -0.25) is 0 Å². The molecule has 0 aliphatic carbocycles. The van der Waals surface area contributed by atoms with Crippen LogP contribution in [0, 0.1) is 11.2 Å². The van der Waals surface area contributed by atoms with Crippen LogP contribution in [0.4, 0.5) is 4.39 Å². The maximum atomic E-state index is 13.1. The predicted molar refractivity (Wildman–Crippen MR) is 67.0 cm³/mol. The van der Waals surface area contributed by atoms with Crippen molar-refractivity contribution in [2.24, 2.45) is 5.41 Å². The first-order chi connectivity index (χ1) is 7.43. The van der Waals surface area contributed by atoms with E-state index in [1.165, 1.54) is 6.07 Å². The molecule has 1 nitrogen and oxygen atoms in total. The van der Waals surface area contributed by atoms with Crippen LogP contribution in [0.25, 0.3) is 0 Å². The van der Waals surface area contributed by atoms with Crippen molar-refractivity contribution in [2.45, 2.75) is 40.2 Å². The first-order valence-corrected chi connectivity index (χ1v) is 5.91. The standard InChI is InChI=1S/C14H22FN/c1-5-16-13(14(2,3)4)10-11-7-6-8-12(15)9-11/h6-9,13,16H,5,10H2,1-4H3. The molecule has 2 heteroatoms. The van der Waals surface area contributed by atoms with Crippen LogP contribution in [-0.2, 0) is 6.42 Å². The van der Waals surface area contributed by atoms with Crippen LogP contribution < -0.4 is 5.32 Å². The normalized spacial score (nSPS) is 13.8. The van der Waals surface area contributed by atoms with Gasteiger partial charge in [-0.1, -0.05) is 39.8 Å². The minimum atomic E-state index is -0.151. The minimum Gasteiger partial charge on any atom is -0.313 e. The van der Waals surface area contributed by atoms with Crippen molar-refractivity contribution < 1.29 is 4.39 Å². The third-order valence-electron chi connectivity index (χ3n) is 2.82. The fourth-order valence-electron chi connectivity index (χ4n) is 1.83. The summed E-state index contributed by atoms with van der Waals surface area (Å²) in [5, 5.41) is 3.47. The van der Waals surface area contributed by atoms with E-state index in [1.807, 2.05) is 6.07 Å². The van der Waals surface area contributed by atoms with Crippen molar-refractivity contribution in [3.8, 4) is 0 Å². The van der Waals surface area contributed by atoms with Crippen molar-refractivity contribution in [3.63, 3.8) is 0 Å². The number of halogens is 1. The van der Waals surface area contributed by atoms with E-state index in [-0.39, 0.29) is 11.2 Å². The van der Waals surface area contributed by atoms with Crippen molar-refractivity contribution in [2.75, 3.05) is 6.54 Å². The molecule has 1 aromatic carbocycles. The second-order valence-electron chi connectivity index (χ2n) is 5.31. The highest BCUT2D eigenvalue weighted by atomic mass is 19.1. The topological polar surface area (TPSA) is 12.0 Å². The molecule has 0 aromatic heterocycles. The van der Waals surface area contributed by atoms with Gasteiger partial charge in [0.15, 0.2) is 0 Å². The third-order valence-corrected chi connectivity index (χ3v) is 2.82. The Labute approximate surface area is 98.1 Å². The summed E-state index contributed by atoms with van der Waals surface area (Å²) in [4.78, 5) is 0. The molecule has 1 unspecified atom stereocenters. The summed E-state index contributed by atoms with van der Waals surface area (Å²) in [6, 6.07) is 7.24. The maximum absolute atomic E-state index is 13.1. The highest BCUT2D eigenvalue weighted by Gasteiger charge is 2.23. The molecule has 0 spiro atoms. The molecule has 0 aliphatic heterocycles. The van der Waals surface area contributed by atoms with Gasteiger partial charge in [0.05, 0.1) is 0 Å². The van der Waals surface area contributed by atoms with E-state index in [1.54, 1.807) is 12.1 Å². The summed E-state index contributed by atoms with van der Waals surface area (Å²) in [7, 11) is 0. The molecule has 16 heavy (non-hydrogen) atoms. The molecule has 90 valence electrons. The Bertz CT molecular complexity index is 328. The molecule has 1 atom stereocenters. The molecule has 0 amide bonds. The average Bonchev–Trinajstić information content (AvgIpc) is 2.16. The molecule has 0 radical (unpaired) electrons. The molecule has 0 aliphatic rings. The Morgan fingerprint density at radius 2 is 2.00 bits per heavy atom. The lowest BCUT2D eigenvalue weighted by Gasteiger charge is -2.31. The van der Waals surface area contributed by atoms with E-state index in [2.05, 4.69) is 33.0 Å². The fourth-order valence-corrected chi connectivity index (χ4v) is 1.83. The molecule has 0 saturated carbocycles. The third kappa shape index (κ3) is 3.93. The van der Waals surface area contributed by atoms with Gasteiger partial charge in [-0.15, -0.1) is 0 Å². The van der Waals surface area contributed by atoms with Gasteiger partial charge in [0.25, 0.3) is 0 Å². The molecule has 1 N–H and O–H groups in total. The van der Waals surface area contributed by atoms with Gasteiger partial charge < -0.3 is 5.32 Å². The smallest absolute Gasteiger partial charge is 0.123 e. The quantitative estimate of drug-likeness (QED) is 0.825. The van der Waals surface area contributed by atoms with Crippen LogP contribution in [0.2, 0.25) is 0 Å². The Morgan fingerprint density at radius 1 is 1.31 bits per heavy atom. The second-order valence-corrected chi connectivity index (χ2v) is 5.31. The van der Waals surface area contributed by atoms with Crippen molar-refractivity contribution >= 4 is 0 Å². The zero-order chi connectivity index (χ0) is 12.2. The highest BCUT2D eigenvalue weighted by molar-refractivity contribution is 5.18. The van der Waals surface area contributed by atoms with Gasteiger partial charge in [-0.05, 0) is 36.1 Å². The first kappa shape index (κ1) is 13.2. The van der Waals surface area contributed by atoms with E-state index in [0.29, 0.717) is 6.04 Å². The predicted octanol–water partition coefficient (Wildman–Crippen LogP) is 3.39. The number of hydrogen-bond acceptors (Lipinski definition) is 1. The molecule has 0 fully saturated rings. The van der Waals surface area contributed by atoms with Gasteiger partial charge in [0.1, 0.15) is 5.82 Å². The molecular formula is C14H22FN. The van der Waals surface area contributed by atoms with Crippen molar-refractivity contribution in [3.05, 3.63) is 35.6 Å². The van der Waals surface area contributed by atoms with E-state index >= 15 is 0 Å². The lowest BCUT2D eigenvalue weighted by molar-refractivity contribution is 0.270. The zero-order valence-corrected chi connectivity index (χ0v) is 10.7. The van der Waals surface area contributed by atoms with Gasteiger partial charge >= 0.3 is 0 Å². The number of likely N-dealkylation sites (N-methyl/N-ethyl adjacent to an activating group) is 1. The molecular weight excluding hydrogens is 201 g/mol. The Morgan fingerprint density at radius 3 is 2.50 bits per heavy atom. The minimum absolute atomic E-state index is 0.151. The van der Waals surface area contributed by atoms with Crippen LogP contribution in [0.3, 0.4) is 0 Å². The highest BCUT2D eigenvalue weighted by Crippen LogP contribution is 2.22. The van der Waals surface area contributed by atoms with E-state index in [9.17, 15) is 4.39 Å². The van der Waals surface area contributed by atoms with E-state index < -0.39 is 0 Å². The Kier molecular flexibility index (Phi) is 4.48. The lowest BCUT2D eigenvalue weighted by atomic mass is 9.83. The van der Waals surface area contributed by atoms with Crippen molar-refractivity contribution in [1.82, 2.24) is 5.32 Å². The van der Waals surface area contributed by atoms with Gasteiger partial charge in [-0.25, -0.2) is 4.39 Å². The van der Waals surface area contributed by atoms with Gasteiger partial charge in [-0.2, -0.15) is 0 Å². The first-order valence-electron chi connectivity index (χ1n) is 5.91. The average molecular weight is 223 g/mol. The summed E-state index contributed by atoms with van der Waals surface area (Å²) >= 11 is 0. The van der Waals surface area contributed by atoms with Crippen LogP contribution >= 0.6 is 0 Å². The molecule has 1 rings (SSSR count). The summed E-state index contributed by atoms with van der Waals surface area (Å²) in [6.07, 6.45) is 0.870. The van der Waals surface area contributed by atoms with Crippen LogP contribution in [0.15, 0.2) is 24.3 Å². The summed E-state index contributed by atoms with van der Waals surface area (Å²) < 4.78 is 13.1. The number of rotatable bonds is 4. The SMILES string of the molecule is CCNC(Cc1cccc(F)c1)C(C)(C)C. The number of nitrogens with one attached hydrogen (secondary N) is 1. The van der Waals surface area contributed by atoms with E-state index in [4.69, 9.17) is 0 Å². The maximum Gasteiger partial charge on any atom is 0.123 e. The van der Waals surface area contributed by atoms with Crippen LogP contribution in [0.1, 0.15) is 33.3 Å². The second kappa shape index (κ2) is 5.44. The molecule has 0 heterocycles. The Hall–Kier alpha value is -0.890. The molecule has 1 aromatic rings. The number of hydrogen-bond donors (Lipinski definition) is 1. The van der Waals surface area contributed by atoms with Crippen LogP contribution in [0.5, 0.6) is 0 Å². The number of benzene rings is 1. The summed E-state index contributed by atoms with van der Waals surface area (Å²) in [5.41, 5.74) is 1.24. The lowest BCUT2D eigenvalue weighted by Crippen LogP contribution is -2.41. The zero-order valence-electron chi connectivity index (χ0n) is 10.7. The van der Waals surface area contributed by atoms with E-state index in [0.717, 1.165) is 18.5 Å². The summed E-state index contributed by atoms with van der Waals surface area (Å²) in [5.74, 6) is -0.151. The largest absolute Gasteiger partial charge is 0.313 e. The van der Waals surface area contributed by atoms with Gasteiger partial charge in [0.2, 0.25) is 0 Å². The van der Waals surface area contributed by atoms with Crippen LogP contribution in [-0.4, -0.2) is 12.6 Å². The monoisotopic (exact) mass is 223 g/mol. The van der Waals surface area contributed by atoms with Gasteiger partial charge in [0, 0.05) is 6.04 Å². The molecule has 0 bridgehead atoms.